The molecule has 0 bridgehead atoms. The van der Waals surface area contributed by atoms with Gasteiger partial charge in [-0.25, -0.2) is 8.42 Å². The molecule has 2 rings (SSSR count). The second-order valence-electron chi connectivity index (χ2n) is 4.50. The molecular weight excluding hydrogens is 288 g/mol. The molecule has 5 nitrogen and oxygen atoms in total. The Morgan fingerprint density at radius 2 is 2.32 bits per heavy atom. The molecule has 1 aromatic rings. The average molecular weight is 303 g/mol. The molecule has 1 atom stereocenters. The van der Waals surface area contributed by atoms with E-state index in [1.165, 1.54) is 12.4 Å². The summed E-state index contributed by atoms with van der Waals surface area (Å²) >= 11 is 5.98. The first kappa shape index (κ1) is 14.3. The topological polar surface area (TPSA) is 67.3 Å². The maximum atomic E-state index is 12.4. The van der Waals surface area contributed by atoms with E-state index in [2.05, 4.69) is 4.98 Å². The maximum Gasteiger partial charge on any atom is 0.257 e. The van der Waals surface area contributed by atoms with Crippen LogP contribution in [0.5, 0.6) is 0 Å². The van der Waals surface area contributed by atoms with Gasteiger partial charge in [0.1, 0.15) is 0 Å². The Morgan fingerprint density at radius 3 is 2.84 bits per heavy atom. The van der Waals surface area contributed by atoms with Crippen LogP contribution in [0, 0.1) is 0 Å². The summed E-state index contributed by atoms with van der Waals surface area (Å²) in [5.74, 6) is -0.0881. The van der Waals surface area contributed by atoms with Crippen molar-refractivity contribution in [1.82, 2.24) is 9.88 Å². The molecule has 7 heteroatoms. The Hall–Kier alpha value is -1.14. The Labute approximate surface area is 117 Å². The minimum absolute atomic E-state index is 0.0322. The third-order valence-corrected chi connectivity index (χ3v) is 5.33. The Kier molecular flexibility index (Phi) is 4.10. The van der Waals surface area contributed by atoms with E-state index in [4.69, 9.17) is 11.6 Å². The number of sulfone groups is 1. The fourth-order valence-electron chi connectivity index (χ4n) is 2.28. The highest BCUT2D eigenvalue weighted by atomic mass is 35.5. The third kappa shape index (κ3) is 3.06. The average Bonchev–Trinajstić information content (AvgIpc) is 2.71. The number of aromatic nitrogens is 1. The summed E-state index contributed by atoms with van der Waals surface area (Å²) in [6.45, 7) is 2.28. The summed E-state index contributed by atoms with van der Waals surface area (Å²) in [5.41, 5.74) is 0.315. The van der Waals surface area contributed by atoms with Crippen LogP contribution in [0.4, 0.5) is 0 Å². The van der Waals surface area contributed by atoms with Gasteiger partial charge in [0.05, 0.1) is 22.1 Å². The smallest absolute Gasteiger partial charge is 0.257 e. The molecule has 0 aromatic carbocycles. The Balaban J connectivity index is 2.24. The molecule has 0 N–H and O–H groups in total. The molecule has 2 heterocycles. The van der Waals surface area contributed by atoms with Gasteiger partial charge in [-0.15, -0.1) is 0 Å². The zero-order valence-electron chi connectivity index (χ0n) is 10.5. The van der Waals surface area contributed by atoms with Crippen LogP contribution in [-0.2, 0) is 9.84 Å². The molecule has 1 aromatic heterocycles. The van der Waals surface area contributed by atoms with Gasteiger partial charge < -0.3 is 4.90 Å². The minimum Gasteiger partial charge on any atom is -0.335 e. The van der Waals surface area contributed by atoms with Gasteiger partial charge in [-0.3, -0.25) is 9.78 Å². The third-order valence-electron chi connectivity index (χ3n) is 3.25. The summed E-state index contributed by atoms with van der Waals surface area (Å²) < 4.78 is 23.0. The van der Waals surface area contributed by atoms with Crippen LogP contribution < -0.4 is 0 Å². The number of nitrogens with zero attached hydrogens (tertiary/aromatic N) is 2. The molecule has 1 amide bonds. The summed E-state index contributed by atoms with van der Waals surface area (Å²) in [4.78, 5) is 17.9. The van der Waals surface area contributed by atoms with E-state index in [1.807, 2.05) is 6.92 Å². The first-order chi connectivity index (χ1) is 8.94. The lowest BCUT2D eigenvalue weighted by Gasteiger charge is -2.27. The zero-order chi connectivity index (χ0) is 14.0. The standard InChI is InChI=1S/C12H15ClN2O3S/c1-2-15(9-4-6-19(17,18)8-9)12(16)10-7-14-5-3-11(10)13/h3,5,7,9H,2,4,6,8H2,1H3. The van der Waals surface area contributed by atoms with Gasteiger partial charge >= 0.3 is 0 Å². The monoisotopic (exact) mass is 302 g/mol. The molecule has 19 heavy (non-hydrogen) atoms. The number of halogens is 1. The summed E-state index contributed by atoms with van der Waals surface area (Å²) in [5, 5.41) is 0.333. The van der Waals surface area contributed by atoms with Crippen LogP contribution in [0.15, 0.2) is 18.5 Å². The summed E-state index contributed by atoms with van der Waals surface area (Å²) in [7, 11) is -3.02. The molecule has 1 fully saturated rings. The molecular formula is C12H15ClN2O3S. The van der Waals surface area contributed by atoms with Crippen LogP contribution in [0.1, 0.15) is 23.7 Å². The van der Waals surface area contributed by atoms with Crippen LogP contribution in [0.3, 0.4) is 0 Å². The normalized spacial score (nSPS) is 21.3. The Bertz CT molecular complexity index is 588. The van der Waals surface area contributed by atoms with Gasteiger partial charge in [-0.05, 0) is 19.4 Å². The van der Waals surface area contributed by atoms with Crippen molar-refractivity contribution in [3.63, 3.8) is 0 Å². The zero-order valence-corrected chi connectivity index (χ0v) is 12.1. The first-order valence-corrected chi connectivity index (χ1v) is 8.25. The summed E-state index contributed by atoms with van der Waals surface area (Å²) in [6, 6.07) is 1.28. The second-order valence-corrected chi connectivity index (χ2v) is 7.14. The van der Waals surface area contributed by atoms with Gasteiger partial charge in [0.15, 0.2) is 9.84 Å². The Morgan fingerprint density at radius 1 is 1.58 bits per heavy atom. The van der Waals surface area contributed by atoms with E-state index in [0.29, 0.717) is 23.6 Å². The lowest BCUT2D eigenvalue weighted by Crippen LogP contribution is -2.41. The fourth-order valence-corrected chi connectivity index (χ4v) is 4.20. The predicted octanol–water partition coefficient (Wildman–Crippen LogP) is 1.38. The highest BCUT2D eigenvalue weighted by Gasteiger charge is 2.34. The van der Waals surface area contributed by atoms with Crippen molar-refractivity contribution in [3.8, 4) is 0 Å². The van der Waals surface area contributed by atoms with E-state index in [1.54, 1.807) is 11.0 Å². The van der Waals surface area contributed by atoms with Crippen molar-refractivity contribution >= 4 is 27.3 Å². The first-order valence-electron chi connectivity index (χ1n) is 6.05. The quantitative estimate of drug-likeness (QED) is 0.846. The SMILES string of the molecule is CCN(C(=O)c1cnccc1Cl)C1CCS(=O)(=O)C1. The van der Waals surface area contributed by atoms with E-state index in [9.17, 15) is 13.2 Å². The molecule has 0 radical (unpaired) electrons. The van der Waals surface area contributed by atoms with Crippen molar-refractivity contribution in [2.24, 2.45) is 0 Å². The largest absolute Gasteiger partial charge is 0.335 e. The van der Waals surface area contributed by atoms with Crippen molar-refractivity contribution in [3.05, 3.63) is 29.0 Å². The number of pyridine rings is 1. The van der Waals surface area contributed by atoms with Crippen molar-refractivity contribution in [2.75, 3.05) is 18.1 Å². The predicted molar refractivity (Wildman–Crippen MR) is 73.0 cm³/mol. The van der Waals surface area contributed by atoms with Gasteiger partial charge in [0, 0.05) is 25.0 Å². The molecule has 1 unspecified atom stereocenters. The second kappa shape index (κ2) is 5.46. The lowest BCUT2D eigenvalue weighted by atomic mass is 10.1. The number of amides is 1. The highest BCUT2D eigenvalue weighted by Crippen LogP contribution is 2.22. The molecule has 0 saturated carbocycles. The fraction of sp³-hybridized carbons (Fsp3) is 0.500. The van der Waals surface area contributed by atoms with Crippen LogP contribution in [0.2, 0.25) is 5.02 Å². The van der Waals surface area contributed by atoms with Crippen molar-refractivity contribution < 1.29 is 13.2 Å². The molecule has 0 aliphatic carbocycles. The lowest BCUT2D eigenvalue weighted by molar-refractivity contribution is 0.0708. The van der Waals surface area contributed by atoms with E-state index >= 15 is 0 Å². The molecule has 1 saturated heterocycles. The minimum atomic E-state index is -3.02. The molecule has 1 aliphatic rings. The number of carbonyl (C=O) groups is 1. The van der Waals surface area contributed by atoms with Crippen LogP contribution >= 0.6 is 11.6 Å². The van der Waals surface area contributed by atoms with Gasteiger partial charge in [-0.1, -0.05) is 11.6 Å². The van der Waals surface area contributed by atoms with Crippen LogP contribution in [0.25, 0.3) is 0 Å². The summed E-state index contributed by atoms with van der Waals surface area (Å²) in [6.07, 6.45) is 3.41. The van der Waals surface area contributed by atoms with Crippen molar-refractivity contribution in [2.45, 2.75) is 19.4 Å². The van der Waals surface area contributed by atoms with Gasteiger partial charge in [-0.2, -0.15) is 0 Å². The van der Waals surface area contributed by atoms with Crippen LogP contribution in [-0.4, -0.2) is 48.3 Å². The van der Waals surface area contributed by atoms with Gasteiger partial charge in [0.25, 0.3) is 5.91 Å². The van der Waals surface area contributed by atoms with E-state index in [0.717, 1.165) is 0 Å². The van der Waals surface area contributed by atoms with Gasteiger partial charge in [0.2, 0.25) is 0 Å². The number of carbonyl (C=O) groups excluding carboxylic acids is 1. The van der Waals surface area contributed by atoms with E-state index < -0.39 is 9.84 Å². The van der Waals surface area contributed by atoms with E-state index in [-0.39, 0.29) is 23.5 Å². The number of hydrogen-bond donors (Lipinski definition) is 0. The maximum absolute atomic E-state index is 12.4. The number of hydrogen-bond acceptors (Lipinski definition) is 4. The molecule has 104 valence electrons. The molecule has 1 aliphatic heterocycles. The van der Waals surface area contributed by atoms with Crippen molar-refractivity contribution in [1.29, 1.82) is 0 Å². The highest BCUT2D eigenvalue weighted by molar-refractivity contribution is 7.91. The number of rotatable bonds is 3. The molecule has 0 spiro atoms.